The summed E-state index contributed by atoms with van der Waals surface area (Å²) in [6, 6.07) is 10.3. The van der Waals surface area contributed by atoms with Gasteiger partial charge in [0, 0.05) is 25.2 Å². The van der Waals surface area contributed by atoms with Gasteiger partial charge in [0.25, 0.3) is 0 Å². The first-order valence-corrected chi connectivity index (χ1v) is 7.61. The van der Waals surface area contributed by atoms with E-state index in [1.165, 1.54) is 24.0 Å². The minimum atomic E-state index is 0.439. The summed E-state index contributed by atoms with van der Waals surface area (Å²) in [6.07, 6.45) is 2.78. The molecule has 0 aliphatic heterocycles. The molecule has 1 aromatic carbocycles. The van der Waals surface area contributed by atoms with Crippen molar-refractivity contribution in [3.05, 3.63) is 35.4 Å². The Morgan fingerprint density at radius 1 is 1.11 bits per heavy atom. The van der Waals surface area contributed by atoms with Crippen LogP contribution in [0.5, 0.6) is 0 Å². The second kappa shape index (κ2) is 6.53. The third-order valence-electron chi connectivity index (χ3n) is 4.19. The van der Waals surface area contributed by atoms with E-state index in [2.05, 4.69) is 62.3 Å². The van der Waals surface area contributed by atoms with Gasteiger partial charge in [-0.25, -0.2) is 0 Å². The van der Waals surface area contributed by atoms with Crippen molar-refractivity contribution in [1.29, 1.82) is 0 Å². The number of likely N-dealkylation sites (N-methyl/N-ethyl adjacent to an activating group) is 1. The number of rotatable bonds is 7. The molecule has 0 spiro atoms. The average molecular weight is 260 g/mol. The maximum absolute atomic E-state index is 3.62. The maximum Gasteiger partial charge on any atom is 0.0292 e. The monoisotopic (exact) mass is 260 g/mol. The van der Waals surface area contributed by atoms with E-state index < -0.39 is 0 Å². The molecule has 0 saturated heterocycles. The summed E-state index contributed by atoms with van der Waals surface area (Å²) in [5.74, 6) is 0.615. The molecule has 1 aliphatic carbocycles. The molecule has 1 atom stereocenters. The van der Waals surface area contributed by atoms with Gasteiger partial charge < -0.3 is 10.2 Å². The van der Waals surface area contributed by atoms with Crippen molar-refractivity contribution in [2.75, 3.05) is 20.1 Å². The summed E-state index contributed by atoms with van der Waals surface area (Å²) >= 11 is 0. The Hall–Kier alpha value is -0.860. The van der Waals surface area contributed by atoms with E-state index in [0.717, 1.165) is 19.1 Å². The highest BCUT2D eigenvalue weighted by Crippen LogP contribution is 2.24. The first-order chi connectivity index (χ1) is 9.08. The standard InChI is InChI=1S/C17H28N2/c1-13(2)15-5-7-16(8-6-15)14(3)18-11-12-19(4)17-9-10-17/h5-8,13-14,17-18H,9-12H2,1-4H3. The normalized spacial score (nSPS) is 17.2. The van der Waals surface area contributed by atoms with Crippen LogP contribution in [-0.2, 0) is 0 Å². The van der Waals surface area contributed by atoms with Crippen LogP contribution in [-0.4, -0.2) is 31.1 Å². The lowest BCUT2D eigenvalue weighted by molar-refractivity contribution is 0.316. The number of nitrogens with zero attached hydrogens (tertiary/aromatic N) is 1. The lowest BCUT2D eigenvalue weighted by Gasteiger charge is -2.19. The minimum absolute atomic E-state index is 0.439. The van der Waals surface area contributed by atoms with Gasteiger partial charge >= 0.3 is 0 Å². The number of nitrogens with one attached hydrogen (secondary N) is 1. The van der Waals surface area contributed by atoms with Gasteiger partial charge in [-0.1, -0.05) is 38.1 Å². The van der Waals surface area contributed by atoms with Gasteiger partial charge in [-0.2, -0.15) is 0 Å². The highest BCUT2D eigenvalue weighted by atomic mass is 15.2. The van der Waals surface area contributed by atoms with Crippen LogP contribution in [0.1, 0.15) is 56.7 Å². The fourth-order valence-electron chi connectivity index (χ4n) is 2.44. The molecule has 0 bridgehead atoms. The van der Waals surface area contributed by atoms with E-state index in [1.807, 2.05) is 0 Å². The lowest BCUT2D eigenvalue weighted by Crippen LogP contribution is -2.31. The highest BCUT2D eigenvalue weighted by molar-refractivity contribution is 5.26. The smallest absolute Gasteiger partial charge is 0.0292 e. The van der Waals surface area contributed by atoms with Gasteiger partial charge in [0.1, 0.15) is 0 Å². The van der Waals surface area contributed by atoms with Crippen molar-refractivity contribution in [3.63, 3.8) is 0 Å². The Morgan fingerprint density at radius 2 is 1.68 bits per heavy atom. The molecular formula is C17H28N2. The molecule has 0 radical (unpaired) electrons. The van der Waals surface area contributed by atoms with E-state index in [9.17, 15) is 0 Å². The van der Waals surface area contributed by atoms with Gasteiger partial charge in [-0.3, -0.25) is 0 Å². The molecule has 0 heterocycles. The van der Waals surface area contributed by atoms with Crippen LogP contribution in [0.15, 0.2) is 24.3 Å². The van der Waals surface area contributed by atoms with Crippen LogP contribution in [0.3, 0.4) is 0 Å². The van der Waals surface area contributed by atoms with Gasteiger partial charge in [-0.15, -0.1) is 0 Å². The molecule has 1 aliphatic rings. The first kappa shape index (κ1) is 14.5. The van der Waals surface area contributed by atoms with Crippen LogP contribution in [0.2, 0.25) is 0 Å². The summed E-state index contributed by atoms with van der Waals surface area (Å²) < 4.78 is 0. The summed E-state index contributed by atoms with van der Waals surface area (Å²) in [4.78, 5) is 2.47. The van der Waals surface area contributed by atoms with E-state index in [-0.39, 0.29) is 0 Å². The third-order valence-corrected chi connectivity index (χ3v) is 4.19. The molecule has 0 amide bonds. The summed E-state index contributed by atoms with van der Waals surface area (Å²) in [7, 11) is 2.24. The zero-order valence-corrected chi connectivity index (χ0v) is 12.8. The predicted octanol–water partition coefficient (Wildman–Crippen LogP) is 3.55. The summed E-state index contributed by atoms with van der Waals surface area (Å²) in [5.41, 5.74) is 2.81. The van der Waals surface area contributed by atoms with Crippen LogP contribution in [0.4, 0.5) is 0 Å². The molecule has 106 valence electrons. The lowest BCUT2D eigenvalue weighted by atomic mass is 10.00. The van der Waals surface area contributed by atoms with E-state index in [1.54, 1.807) is 0 Å². The summed E-state index contributed by atoms with van der Waals surface area (Å²) in [5, 5.41) is 3.62. The molecule has 1 unspecified atom stereocenters. The number of benzene rings is 1. The zero-order chi connectivity index (χ0) is 13.8. The molecule has 2 nitrogen and oxygen atoms in total. The van der Waals surface area contributed by atoms with E-state index in [4.69, 9.17) is 0 Å². The van der Waals surface area contributed by atoms with Gasteiger partial charge in [0.05, 0.1) is 0 Å². The SMILES string of the molecule is CC(C)c1ccc(C(C)NCCN(C)C2CC2)cc1. The molecule has 2 heteroatoms. The predicted molar refractivity (Wildman–Crippen MR) is 82.6 cm³/mol. The first-order valence-electron chi connectivity index (χ1n) is 7.61. The fraction of sp³-hybridized carbons (Fsp3) is 0.647. The third kappa shape index (κ3) is 4.32. The Kier molecular flexibility index (Phi) is 5.00. The Bertz CT molecular complexity index is 379. The van der Waals surface area contributed by atoms with Crippen LogP contribution >= 0.6 is 0 Å². The summed E-state index contributed by atoms with van der Waals surface area (Å²) in [6.45, 7) is 8.95. The van der Waals surface area contributed by atoms with Crippen molar-refractivity contribution in [3.8, 4) is 0 Å². The van der Waals surface area contributed by atoms with Gasteiger partial charge in [-0.05, 0) is 43.9 Å². The largest absolute Gasteiger partial charge is 0.309 e. The highest BCUT2D eigenvalue weighted by Gasteiger charge is 2.25. The molecule has 1 aromatic rings. The van der Waals surface area contributed by atoms with Crippen LogP contribution < -0.4 is 5.32 Å². The topological polar surface area (TPSA) is 15.3 Å². The fourth-order valence-corrected chi connectivity index (χ4v) is 2.44. The van der Waals surface area contributed by atoms with E-state index in [0.29, 0.717) is 12.0 Å². The quantitative estimate of drug-likeness (QED) is 0.806. The molecule has 1 saturated carbocycles. The molecular weight excluding hydrogens is 232 g/mol. The van der Waals surface area contributed by atoms with Crippen LogP contribution in [0.25, 0.3) is 0 Å². The Balaban J connectivity index is 1.76. The van der Waals surface area contributed by atoms with E-state index >= 15 is 0 Å². The Labute approximate surface area is 118 Å². The molecule has 1 fully saturated rings. The van der Waals surface area contributed by atoms with Gasteiger partial charge in [0.2, 0.25) is 0 Å². The van der Waals surface area contributed by atoms with Crippen molar-refractivity contribution < 1.29 is 0 Å². The second-order valence-corrected chi connectivity index (χ2v) is 6.21. The zero-order valence-electron chi connectivity index (χ0n) is 12.8. The number of hydrogen-bond acceptors (Lipinski definition) is 2. The molecule has 1 N–H and O–H groups in total. The minimum Gasteiger partial charge on any atom is -0.309 e. The van der Waals surface area contributed by atoms with Crippen molar-refractivity contribution in [2.24, 2.45) is 0 Å². The Morgan fingerprint density at radius 3 is 2.21 bits per heavy atom. The van der Waals surface area contributed by atoms with Gasteiger partial charge in [0.15, 0.2) is 0 Å². The average Bonchev–Trinajstić information content (AvgIpc) is 3.23. The maximum atomic E-state index is 3.62. The molecule has 0 aromatic heterocycles. The number of hydrogen-bond donors (Lipinski definition) is 1. The molecule has 2 rings (SSSR count). The molecule has 19 heavy (non-hydrogen) atoms. The van der Waals surface area contributed by atoms with Crippen molar-refractivity contribution in [1.82, 2.24) is 10.2 Å². The van der Waals surface area contributed by atoms with Crippen molar-refractivity contribution in [2.45, 2.75) is 51.6 Å². The van der Waals surface area contributed by atoms with Crippen molar-refractivity contribution >= 4 is 0 Å². The van der Waals surface area contributed by atoms with Crippen LogP contribution in [0, 0.1) is 0 Å². The second-order valence-electron chi connectivity index (χ2n) is 6.21.